The highest BCUT2D eigenvalue weighted by Gasteiger charge is 1.98. The van der Waals surface area contributed by atoms with Gasteiger partial charge in [-0.3, -0.25) is 0 Å². The summed E-state index contributed by atoms with van der Waals surface area (Å²) in [6.45, 7) is 0. The second-order valence-electron chi connectivity index (χ2n) is 2.81. The van der Waals surface area contributed by atoms with Gasteiger partial charge in [-0.1, -0.05) is 0 Å². The summed E-state index contributed by atoms with van der Waals surface area (Å²) >= 11 is 1.70. The van der Waals surface area contributed by atoms with Crippen LogP contribution in [0.5, 0.6) is 11.8 Å². The summed E-state index contributed by atoms with van der Waals surface area (Å²) in [4.78, 5) is 9.16. The lowest BCUT2D eigenvalue weighted by atomic mass is 10.3. The van der Waals surface area contributed by atoms with Crippen molar-refractivity contribution in [3.63, 3.8) is 0 Å². The van der Waals surface area contributed by atoms with Gasteiger partial charge in [0.15, 0.2) is 0 Å². The van der Waals surface area contributed by atoms with E-state index in [1.807, 2.05) is 30.5 Å². The van der Waals surface area contributed by atoms with E-state index in [-0.39, 0.29) is 0 Å². The molecule has 0 amide bonds. The maximum atomic E-state index is 5.45. The van der Waals surface area contributed by atoms with Crippen LogP contribution in [0.3, 0.4) is 0 Å². The molecule has 0 atom stereocenters. The van der Waals surface area contributed by atoms with E-state index in [0.717, 1.165) is 5.75 Å². The Labute approximate surface area is 92.5 Å². The maximum absolute atomic E-state index is 5.45. The van der Waals surface area contributed by atoms with Gasteiger partial charge in [-0.15, -0.1) is 11.8 Å². The van der Waals surface area contributed by atoms with E-state index in [1.54, 1.807) is 30.2 Å². The van der Waals surface area contributed by atoms with Crippen molar-refractivity contribution < 1.29 is 4.74 Å². The number of hydrogen-bond acceptors (Lipinski definition) is 4. The minimum atomic E-state index is 0.370. The van der Waals surface area contributed by atoms with Crippen molar-refractivity contribution >= 4 is 11.8 Å². The van der Waals surface area contributed by atoms with Gasteiger partial charge in [0.05, 0.1) is 0 Å². The molecular weight excluding hydrogens is 208 g/mol. The first kappa shape index (κ1) is 9.98. The van der Waals surface area contributed by atoms with E-state index in [9.17, 15) is 0 Å². The van der Waals surface area contributed by atoms with Crippen LogP contribution in [0, 0.1) is 0 Å². The number of thioether (sulfide) groups is 1. The molecule has 15 heavy (non-hydrogen) atoms. The van der Waals surface area contributed by atoms with Gasteiger partial charge in [0.25, 0.3) is 0 Å². The molecular formula is C11H10N2OS. The van der Waals surface area contributed by atoms with E-state index in [1.165, 1.54) is 4.90 Å². The first-order valence-electron chi connectivity index (χ1n) is 4.47. The third kappa shape index (κ3) is 2.70. The number of ether oxygens (including phenoxy) is 1. The predicted octanol–water partition coefficient (Wildman–Crippen LogP) is 2.99. The van der Waals surface area contributed by atoms with Crippen molar-refractivity contribution in [2.75, 3.05) is 6.26 Å². The average molecular weight is 218 g/mol. The van der Waals surface area contributed by atoms with Crippen molar-refractivity contribution in [2.45, 2.75) is 4.90 Å². The molecule has 0 bridgehead atoms. The van der Waals surface area contributed by atoms with Gasteiger partial charge < -0.3 is 4.74 Å². The minimum Gasteiger partial charge on any atom is -0.424 e. The second-order valence-corrected chi connectivity index (χ2v) is 3.69. The smallest absolute Gasteiger partial charge is 0.321 e. The lowest BCUT2D eigenvalue weighted by Crippen LogP contribution is -1.89. The molecule has 0 aliphatic carbocycles. The first-order valence-corrected chi connectivity index (χ1v) is 5.70. The van der Waals surface area contributed by atoms with Gasteiger partial charge in [0.2, 0.25) is 0 Å². The molecule has 0 saturated heterocycles. The maximum Gasteiger partial charge on any atom is 0.321 e. The van der Waals surface area contributed by atoms with Crippen LogP contribution in [0.2, 0.25) is 0 Å². The Bertz CT molecular complexity index is 416. The highest BCUT2D eigenvalue weighted by Crippen LogP contribution is 2.21. The largest absolute Gasteiger partial charge is 0.424 e. The van der Waals surface area contributed by atoms with Crippen molar-refractivity contribution in [3.8, 4) is 11.8 Å². The molecule has 2 rings (SSSR count). The Morgan fingerprint density at radius 2 is 1.73 bits per heavy atom. The zero-order valence-electron chi connectivity index (χ0n) is 8.25. The standard InChI is InChI=1S/C11H10N2OS/c1-15-10-5-3-9(4-6-10)14-11-12-7-2-8-13-11/h2-8H,1H3. The highest BCUT2D eigenvalue weighted by molar-refractivity contribution is 7.98. The van der Waals surface area contributed by atoms with Crippen molar-refractivity contribution in [3.05, 3.63) is 42.7 Å². The molecule has 3 nitrogen and oxygen atoms in total. The van der Waals surface area contributed by atoms with E-state index in [2.05, 4.69) is 9.97 Å². The van der Waals surface area contributed by atoms with Crippen LogP contribution >= 0.6 is 11.8 Å². The van der Waals surface area contributed by atoms with Crippen LogP contribution in [0.4, 0.5) is 0 Å². The summed E-state index contributed by atoms with van der Waals surface area (Å²) < 4.78 is 5.45. The van der Waals surface area contributed by atoms with Crippen LogP contribution in [-0.2, 0) is 0 Å². The summed E-state index contributed by atoms with van der Waals surface area (Å²) in [6.07, 6.45) is 5.34. The third-order valence-corrected chi connectivity index (χ3v) is 2.55. The number of aromatic nitrogens is 2. The topological polar surface area (TPSA) is 35.0 Å². The van der Waals surface area contributed by atoms with Gasteiger partial charge in [-0.25, -0.2) is 9.97 Å². The fraction of sp³-hybridized carbons (Fsp3) is 0.0909. The van der Waals surface area contributed by atoms with Gasteiger partial charge in [-0.2, -0.15) is 0 Å². The molecule has 0 radical (unpaired) electrons. The monoisotopic (exact) mass is 218 g/mol. The van der Waals surface area contributed by atoms with Gasteiger partial charge in [0, 0.05) is 17.3 Å². The van der Waals surface area contributed by atoms with Gasteiger partial charge in [0.1, 0.15) is 5.75 Å². The molecule has 2 aromatic rings. The summed E-state index contributed by atoms with van der Waals surface area (Å²) in [5.74, 6) is 0.749. The summed E-state index contributed by atoms with van der Waals surface area (Å²) in [7, 11) is 0. The van der Waals surface area contributed by atoms with Crippen LogP contribution < -0.4 is 4.74 Å². The lowest BCUT2D eigenvalue weighted by Gasteiger charge is -2.03. The van der Waals surface area contributed by atoms with E-state index >= 15 is 0 Å². The molecule has 1 aromatic heterocycles. The average Bonchev–Trinajstić information content (AvgIpc) is 2.31. The number of benzene rings is 1. The quantitative estimate of drug-likeness (QED) is 0.742. The summed E-state index contributed by atoms with van der Waals surface area (Å²) in [5, 5.41) is 0. The SMILES string of the molecule is CSc1ccc(Oc2ncccn2)cc1. The van der Waals surface area contributed by atoms with E-state index in [0.29, 0.717) is 6.01 Å². The number of nitrogens with zero attached hydrogens (tertiary/aromatic N) is 2. The Kier molecular flexibility index (Phi) is 3.19. The second kappa shape index (κ2) is 4.79. The van der Waals surface area contributed by atoms with Crippen LogP contribution in [0.25, 0.3) is 0 Å². The van der Waals surface area contributed by atoms with Crippen molar-refractivity contribution in [2.24, 2.45) is 0 Å². The molecule has 1 aromatic carbocycles. The van der Waals surface area contributed by atoms with Crippen LogP contribution in [0.1, 0.15) is 0 Å². The van der Waals surface area contributed by atoms with E-state index < -0.39 is 0 Å². The predicted molar refractivity (Wildman–Crippen MR) is 60.3 cm³/mol. The first-order chi connectivity index (χ1) is 7.38. The van der Waals surface area contributed by atoms with Gasteiger partial charge >= 0.3 is 6.01 Å². The van der Waals surface area contributed by atoms with Crippen LogP contribution in [0.15, 0.2) is 47.6 Å². The molecule has 0 aliphatic rings. The third-order valence-electron chi connectivity index (χ3n) is 1.81. The summed E-state index contributed by atoms with van der Waals surface area (Å²) in [6, 6.07) is 9.94. The molecule has 1 heterocycles. The molecule has 0 saturated carbocycles. The minimum absolute atomic E-state index is 0.370. The molecule has 4 heteroatoms. The van der Waals surface area contributed by atoms with Crippen molar-refractivity contribution in [1.82, 2.24) is 9.97 Å². The Morgan fingerprint density at radius 1 is 1.07 bits per heavy atom. The molecule has 0 fully saturated rings. The Morgan fingerprint density at radius 3 is 2.33 bits per heavy atom. The molecule has 76 valence electrons. The molecule has 0 aliphatic heterocycles. The molecule has 0 unspecified atom stereocenters. The molecule has 0 N–H and O–H groups in total. The summed E-state index contributed by atoms with van der Waals surface area (Å²) in [5.41, 5.74) is 0. The number of rotatable bonds is 3. The zero-order valence-corrected chi connectivity index (χ0v) is 9.07. The molecule has 0 spiro atoms. The Balaban J connectivity index is 2.11. The zero-order chi connectivity index (χ0) is 10.5. The fourth-order valence-electron chi connectivity index (χ4n) is 1.09. The normalized spacial score (nSPS) is 9.93. The lowest BCUT2D eigenvalue weighted by molar-refractivity contribution is 0.441. The number of hydrogen-bond donors (Lipinski definition) is 0. The van der Waals surface area contributed by atoms with Gasteiger partial charge in [-0.05, 0) is 36.6 Å². The fourth-order valence-corrected chi connectivity index (χ4v) is 1.50. The highest BCUT2D eigenvalue weighted by atomic mass is 32.2. The van der Waals surface area contributed by atoms with E-state index in [4.69, 9.17) is 4.74 Å². The van der Waals surface area contributed by atoms with Crippen LogP contribution in [-0.4, -0.2) is 16.2 Å². The van der Waals surface area contributed by atoms with Crippen molar-refractivity contribution in [1.29, 1.82) is 0 Å². The Hall–Kier alpha value is -1.55.